The van der Waals surface area contributed by atoms with Gasteiger partial charge in [0.2, 0.25) is 0 Å². The van der Waals surface area contributed by atoms with Crippen molar-refractivity contribution >= 4 is 15.9 Å². The van der Waals surface area contributed by atoms with Crippen LogP contribution in [0, 0.1) is 11.6 Å². The third-order valence-corrected chi connectivity index (χ3v) is 4.19. The van der Waals surface area contributed by atoms with E-state index in [0.717, 1.165) is 40.5 Å². The molecule has 2 N–H and O–H groups in total. The number of benzene rings is 1. The van der Waals surface area contributed by atoms with E-state index >= 15 is 0 Å². The summed E-state index contributed by atoms with van der Waals surface area (Å²) in [5.74, 6) is -0.983. The van der Waals surface area contributed by atoms with E-state index < -0.39 is 17.7 Å². The zero-order valence-corrected chi connectivity index (χ0v) is 12.9. The lowest BCUT2D eigenvalue weighted by Gasteiger charge is -2.13. The molecule has 1 heterocycles. The van der Waals surface area contributed by atoms with Gasteiger partial charge in [0, 0.05) is 25.1 Å². The van der Waals surface area contributed by atoms with Crippen LogP contribution < -0.4 is 5.73 Å². The zero-order valence-electron chi connectivity index (χ0n) is 11.3. The van der Waals surface area contributed by atoms with Crippen LogP contribution in [-0.4, -0.2) is 9.78 Å². The molecule has 0 aliphatic carbocycles. The van der Waals surface area contributed by atoms with Crippen molar-refractivity contribution in [2.24, 2.45) is 12.8 Å². The highest BCUT2D eigenvalue weighted by atomic mass is 79.9. The lowest BCUT2D eigenvalue weighted by Crippen LogP contribution is -2.17. The molecule has 0 radical (unpaired) electrons. The molecule has 2 rings (SSSR count). The largest absolute Gasteiger partial charge is 0.324 e. The van der Waals surface area contributed by atoms with E-state index in [1.807, 2.05) is 14.0 Å². The summed E-state index contributed by atoms with van der Waals surface area (Å²) in [6, 6.07) is 2.70. The topological polar surface area (TPSA) is 43.8 Å². The maximum Gasteiger partial charge on any atom is 0.128 e. The summed E-state index contributed by atoms with van der Waals surface area (Å²) in [5.41, 5.74) is 7.99. The van der Waals surface area contributed by atoms with Crippen molar-refractivity contribution in [3.05, 3.63) is 51.3 Å². The second-order valence-electron chi connectivity index (χ2n) is 4.66. The third-order valence-electron chi connectivity index (χ3n) is 3.27. The fourth-order valence-corrected chi connectivity index (χ4v) is 2.94. The van der Waals surface area contributed by atoms with Crippen LogP contribution >= 0.6 is 15.9 Å². The van der Waals surface area contributed by atoms with Gasteiger partial charge >= 0.3 is 0 Å². The van der Waals surface area contributed by atoms with E-state index in [-0.39, 0.29) is 5.56 Å². The highest BCUT2D eigenvalue weighted by Gasteiger charge is 2.19. The quantitative estimate of drug-likeness (QED) is 0.925. The first-order valence-corrected chi connectivity index (χ1v) is 7.14. The molecule has 1 aromatic carbocycles. The Labute approximate surface area is 124 Å². The molecule has 0 amide bonds. The van der Waals surface area contributed by atoms with Crippen molar-refractivity contribution in [1.29, 1.82) is 0 Å². The van der Waals surface area contributed by atoms with Crippen LogP contribution in [0.3, 0.4) is 0 Å². The average molecular weight is 344 g/mol. The summed E-state index contributed by atoms with van der Waals surface area (Å²) in [6.45, 7) is 2.00. The molecule has 0 bridgehead atoms. The van der Waals surface area contributed by atoms with E-state index in [0.29, 0.717) is 6.42 Å². The molecule has 2 aromatic rings. The summed E-state index contributed by atoms with van der Waals surface area (Å²) < 4.78 is 29.5. The van der Waals surface area contributed by atoms with Crippen molar-refractivity contribution in [2.45, 2.75) is 25.8 Å². The normalized spacial score (nSPS) is 12.7. The van der Waals surface area contributed by atoms with Gasteiger partial charge in [-0.15, -0.1) is 0 Å². The van der Waals surface area contributed by atoms with Gasteiger partial charge in [0.15, 0.2) is 0 Å². The summed E-state index contributed by atoms with van der Waals surface area (Å²) in [4.78, 5) is 0. The minimum atomic E-state index is -0.623. The number of nitrogens with zero attached hydrogens (tertiary/aromatic N) is 2. The Morgan fingerprint density at radius 2 is 2.10 bits per heavy atom. The SMILES string of the molecule is CCc1nn(C)c(CC(N)c2cc(F)ccc2F)c1Br. The third kappa shape index (κ3) is 2.91. The molecule has 20 heavy (non-hydrogen) atoms. The molecule has 0 aliphatic rings. The molecule has 1 aromatic heterocycles. The first-order chi connectivity index (χ1) is 9.43. The van der Waals surface area contributed by atoms with Gasteiger partial charge in [-0.1, -0.05) is 6.92 Å². The second-order valence-corrected chi connectivity index (χ2v) is 5.45. The Kier molecular flexibility index (Phi) is 4.55. The predicted octanol–water partition coefficient (Wildman–Crippen LogP) is 3.27. The lowest BCUT2D eigenvalue weighted by molar-refractivity contribution is 0.552. The molecule has 1 unspecified atom stereocenters. The molecule has 0 aliphatic heterocycles. The first-order valence-electron chi connectivity index (χ1n) is 6.34. The fourth-order valence-electron chi connectivity index (χ4n) is 2.16. The maximum absolute atomic E-state index is 13.7. The van der Waals surface area contributed by atoms with Gasteiger partial charge in [0.25, 0.3) is 0 Å². The van der Waals surface area contributed by atoms with E-state index in [1.54, 1.807) is 4.68 Å². The minimum absolute atomic E-state index is 0.177. The summed E-state index contributed by atoms with van der Waals surface area (Å²) in [5, 5.41) is 4.36. The number of aryl methyl sites for hydroxylation is 2. The summed E-state index contributed by atoms with van der Waals surface area (Å²) in [6.07, 6.45) is 1.17. The molecule has 0 saturated carbocycles. The van der Waals surface area contributed by atoms with Crippen molar-refractivity contribution in [3.63, 3.8) is 0 Å². The van der Waals surface area contributed by atoms with Crippen LogP contribution in [0.25, 0.3) is 0 Å². The van der Waals surface area contributed by atoms with E-state index in [9.17, 15) is 8.78 Å². The summed E-state index contributed by atoms with van der Waals surface area (Å²) >= 11 is 3.49. The Hall–Kier alpha value is -1.27. The maximum atomic E-state index is 13.7. The summed E-state index contributed by atoms with van der Waals surface area (Å²) in [7, 11) is 1.81. The molecule has 6 heteroatoms. The Balaban J connectivity index is 2.30. The zero-order chi connectivity index (χ0) is 14.9. The van der Waals surface area contributed by atoms with Crippen molar-refractivity contribution in [3.8, 4) is 0 Å². The lowest BCUT2D eigenvalue weighted by atomic mass is 10.0. The molecule has 0 fully saturated rings. The Morgan fingerprint density at radius 1 is 1.40 bits per heavy atom. The number of hydrogen-bond acceptors (Lipinski definition) is 2. The molecular formula is C14H16BrF2N3. The van der Waals surface area contributed by atoms with Gasteiger partial charge in [0.1, 0.15) is 11.6 Å². The number of aromatic nitrogens is 2. The van der Waals surface area contributed by atoms with Gasteiger partial charge in [0.05, 0.1) is 15.9 Å². The smallest absolute Gasteiger partial charge is 0.128 e. The molecule has 1 atom stereocenters. The van der Waals surface area contributed by atoms with Crippen LogP contribution in [0.4, 0.5) is 8.78 Å². The van der Waals surface area contributed by atoms with Crippen LogP contribution in [0.2, 0.25) is 0 Å². The standard InChI is InChI=1S/C14H16BrF2N3/c1-3-12-14(15)13(20(2)19-12)7-11(18)9-6-8(16)4-5-10(9)17/h4-6,11H,3,7,18H2,1-2H3. The number of hydrogen-bond donors (Lipinski definition) is 1. The van der Waals surface area contributed by atoms with Gasteiger partial charge in [-0.05, 0) is 40.5 Å². The minimum Gasteiger partial charge on any atom is -0.324 e. The molecular weight excluding hydrogens is 328 g/mol. The Bertz CT molecular complexity index is 625. The number of halogens is 3. The van der Waals surface area contributed by atoms with Gasteiger partial charge < -0.3 is 5.73 Å². The highest BCUT2D eigenvalue weighted by Crippen LogP contribution is 2.27. The monoisotopic (exact) mass is 343 g/mol. The van der Waals surface area contributed by atoms with E-state index in [1.165, 1.54) is 0 Å². The number of rotatable bonds is 4. The Morgan fingerprint density at radius 3 is 2.70 bits per heavy atom. The van der Waals surface area contributed by atoms with Crippen LogP contribution in [0.1, 0.15) is 29.9 Å². The van der Waals surface area contributed by atoms with Crippen molar-refractivity contribution in [1.82, 2.24) is 9.78 Å². The molecule has 3 nitrogen and oxygen atoms in total. The predicted molar refractivity (Wildman–Crippen MR) is 77.3 cm³/mol. The molecule has 0 spiro atoms. The fraction of sp³-hybridized carbons (Fsp3) is 0.357. The molecule has 0 saturated heterocycles. The second kappa shape index (κ2) is 6.01. The van der Waals surface area contributed by atoms with Crippen molar-refractivity contribution < 1.29 is 8.78 Å². The average Bonchev–Trinajstić information content (AvgIpc) is 2.68. The van der Waals surface area contributed by atoms with E-state index in [2.05, 4.69) is 21.0 Å². The van der Waals surface area contributed by atoms with Crippen LogP contribution in [0.15, 0.2) is 22.7 Å². The molecule has 108 valence electrons. The van der Waals surface area contributed by atoms with Gasteiger partial charge in [-0.3, -0.25) is 4.68 Å². The van der Waals surface area contributed by atoms with Crippen molar-refractivity contribution in [2.75, 3.05) is 0 Å². The van der Waals surface area contributed by atoms with Crippen LogP contribution in [-0.2, 0) is 19.9 Å². The highest BCUT2D eigenvalue weighted by molar-refractivity contribution is 9.10. The van der Waals surface area contributed by atoms with Gasteiger partial charge in [-0.25, -0.2) is 8.78 Å². The van der Waals surface area contributed by atoms with E-state index in [4.69, 9.17) is 5.73 Å². The van der Waals surface area contributed by atoms with Gasteiger partial charge in [-0.2, -0.15) is 5.10 Å². The first kappa shape index (κ1) is 15.1. The number of nitrogens with two attached hydrogens (primary N) is 1. The van der Waals surface area contributed by atoms with Crippen LogP contribution in [0.5, 0.6) is 0 Å².